The van der Waals surface area contributed by atoms with E-state index in [1.165, 1.54) is 0 Å². The minimum absolute atomic E-state index is 0.159. The standard InChI is InChI=1S/C13H17NO2/c1-2-12-3-5-13(6-4-12)11-14(15)7-9-16-10-8-14/h2-6H,1,7-11H2. The summed E-state index contributed by atoms with van der Waals surface area (Å²) < 4.78 is 5.05. The molecule has 0 unspecified atom stereocenters. The van der Waals surface area contributed by atoms with Crippen molar-refractivity contribution in [2.75, 3.05) is 26.3 Å². The first-order valence-corrected chi connectivity index (χ1v) is 5.58. The van der Waals surface area contributed by atoms with Crippen LogP contribution in [0.1, 0.15) is 11.1 Å². The fourth-order valence-electron chi connectivity index (χ4n) is 1.93. The van der Waals surface area contributed by atoms with Crippen LogP contribution in [0, 0.1) is 5.21 Å². The molecule has 16 heavy (non-hydrogen) atoms. The fraction of sp³-hybridized carbons (Fsp3) is 0.385. The molecule has 1 aliphatic heterocycles. The molecule has 0 bridgehead atoms. The van der Waals surface area contributed by atoms with E-state index in [1.54, 1.807) is 6.08 Å². The van der Waals surface area contributed by atoms with E-state index >= 15 is 0 Å². The van der Waals surface area contributed by atoms with Gasteiger partial charge in [-0.1, -0.05) is 36.9 Å². The summed E-state index contributed by atoms with van der Waals surface area (Å²) in [5.74, 6) is 0. The molecule has 1 saturated heterocycles. The quantitative estimate of drug-likeness (QED) is 0.576. The van der Waals surface area contributed by atoms with E-state index in [0.29, 0.717) is 32.8 Å². The second-order valence-electron chi connectivity index (χ2n) is 4.22. The smallest absolute Gasteiger partial charge is 0.104 e. The monoisotopic (exact) mass is 219 g/mol. The van der Waals surface area contributed by atoms with Crippen LogP contribution in [0.2, 0.25) is 0 Å². The van der Waals surface area contributed by atoms with Gasteiger partial charge in [-0.15, -0.1) is 0 Å². The molecule has 86 valence electrons. The molecule has 1 aromatic rings. The van der Waals surface area contributed by atoms with Crippen molar-refractivity contribution in [3.63, 3.8) is 0 Å². The summed E-state index contributed by atoms with van der Waals surface area (Å²) in [7, 11) is 0. The number of rotatable bonds is 3. The van der Waals surface area contributed by atoms with Crippen molar-refractivity contribution < 1.29 is 9.38 Å². The van der Waals surface area contributed by atoms with Gasteiger partial charge in [-0.25, -0.2) is 0 Å². The Morgan fingerprint density at radius 2 is 1.88 bits per heavy atom. The molecule has 1 aliphatic rings. The molecule has 1 heterocycles. The molecule has 0 atom stereocenters. The molecule has 1 aromatic carbocycles. The van der Waals surface area contributed by atoms with Crippen LogP contribution in [-0.2, 0) is 11.3 Å². The van der Waals surface area contributed by atoms with Gasteiger partial charge in [0.1, 0.15) is 19.6 Å². The lowest BCUT2D eigenvalue weighted by Crippen LogP contribution is -2.49. The van der Waals surface area contributed by atoms with Crippen LogP contribution in [0.3, 0.4) is 0 Å². The molecule has 0 saturated carbocycles. The van der Waals surface area contributed by atoms with Gasteiger partial charge >= 0.3 is 0 Å². The summed E-state index contributed by atoms with van der Waals surface area (Å²) in [5, 5.41) is 12.3. The minimum Gasteiger partial charge on any atom is -0.632 e. The second kappa shape index (κ2) is 4.78. The van der Waals surface area contributed by atoms with Gasteiger partial charge in [-0.3, -0.25) is 0 Å². The highest BCUT2D eigenvalue weighted by Crippen LogP contribution is 2.16. The maximum absolute atomic E-state index is 12.3. The molecule has 0 aromatic heterocycles. The molecule has 0 amide bonds. The van der Waals surface area contributed by atoms with E-state index in [-0.39, 0.29) is 4.65 Å². The van der Waals surface area contributed by atoms with Crippen molar-refractivity contribution in [3.05, 3.63) is 47.2 Å². The van der Waals surface area contributed by atoms with Gasteiger partial charge in [0.2, 0.25) is 0 Å². The Morgan fingerprint density at radius 1 is 1.25 bits per heavy atom. The Hall–Kier alpha value is -1.16. The first-order chi connectivity index (χ1) is 7.72. The molecule has 0 aliphatic carbocycles. The first kappa shape index (κ1) is 11.3. The van der Waals surface area contributed by atoms with E-state index in [2.05, 4.69) is 6.58 Å². The van der Waals surface area contributed by atoms with Crippen LogP contribution in [0.4, 0.5) is 0 Å². The molecule has 1 fully saturated rings. The zero-order valence-corrected chi connectivity index (χ0v) is 9.39. The average Bonchev–Trinajstić information content (AvgIpc) is 2.30. The SMILES string of the molecule is C=Cc1ccc(C[N+]2([O-])CCOCC2)cc1. The van der Waals surface area contributed by atoms with Gasteiger partial charge in [0.15, 0.2) is 0 Å². The van der Waals surface area contributed by atoms with E-state index < -0.39 is 0 Å². The van der Waals surface area contributed by atoms with Gasteiger partial charge in [-0.05, 0) is 5.56 Å². The zero-order chi connectivity index (χ0) is 11.4. The first-order valence-electron chi connectivity index (χ1n) is 5.58. The van der Waals surface area contributed by atoms with Gasteiger partial charge < -0.3 is 14.6 Å². The van der Waals surface area contributed by atoms with Gasteiger partial charge in [0, 0.05) is 5.56 Å². The molecule has 0 spiro atoms. The summed E-state index contributed by atoms with van der Waals surface area (Å²) in [6.45, 7) is 6.52. The number of ether oxygens (including phenoxy) is 1. The van der Waals surface area contributed by atoms with Crippen molar-refractivity contribution in [2.24, 2.45) is 0 Å². The summed E-state index contributed by atoms with van der Waals surface area (Å²) in [4.78, 5) is 0. The minimum atomic E-state index is -0.159. The molecule has 0 radical (unpaired) electrons. The van der Waals surface area contributed by atoms with Crippen LogP contribution >= 0.6 is 0 Å². The fourth-order valence-corrected chi connectivity index (χ4v) is 1.93. The Balaban J connectivity index is 2.04. The van der Waals surface area contributed by atoms with Crippen LogP contribution in [0.25, 0.3) is 6.08 Å². The molecule has 0 N–H and O–H groups in total. The lowest BCUT2D eigenvalue weighted by atomic mass is 10.1. The predicted octanol–water partition coefficient (Wildman–Crippen LogP) is 2.17. The molecule has 2 rings (SSSR count). The number of benzene rings is 1. The Labute approximate surface area is 96.1 Å². The van der Waals surface area contributed by atoms with E-state index in [0.717, 1.165) is 11.1 Å². The number of hydrogen-bond donors (Lipinski definition) is 0. The van der Waals surface area contributed by atoms with E-state index in [1.807, 2.05) is 24.3 Å². The van der Waals surface area contributed by atoms with Crippen LogP contribution in [0.5, 0.6) is 0 Å². The normalized spacial score (nSPS) is 19.3. The lowest BCUT2D eigenvalue weighted by molar-refractivity contribution is -0.901. The highest BCUT2D eigenvalue weighted by atomic mass is 16.6. The second-order valence-corrected chi connectivity index (χ2v) is 4.22. The molecule has 3 nitrogen and oxygen atoms in total. The highest BCUT2D eigenvalue weighted by molar-refractivity contribution is 5.47. The number of hydrogen-bond acceptors (Lipinski definition) is 2. The Bertz CT molecular complexity index is 353. The summed E-state index contributed by atoms with van der Waals surface area (Å²) in [6.07, 6.45) is 1.81. The van der Waals surface area contributed by atoms with Crippen molar-refractivity contribution in [1.29, 1.82) is 0 Å². The van der Waals surface area contributed by atoms with Gasteiger partial charge in [0.25, 0.3) is 0 Å². The van der Waals surface area contributed by atoms with Crippen LogP contribution in [0.15, 0.2) is 30.8 Å². The van der Waals surface area contributed by atoms with E-state index in [9.17, 15) is 5.21 Å². The van der Waals surface area contributed by atoms with Crippen molar-refractivity contribution in [2.45, 2.75) is 6.54 Å². The largest absolute Gasteiger partial charge is 0.632 e. The van der Waals surface area contributed by atoms with Gasteiger partial charge in [0.05, 0.1) is 13.2 Å². The van der Waals surface area contributed by atoms with Crippen molar-refractivity contribution in [3.8, 4) is 0 Å². The molecular formula is C13H17NO2. The lowest BCUT2D eigenvalue weighted by Gasteiger charge is -2.45. The third-order valence-corrected chi connectivity index (χ3v) is 2.97. The van der Waals surface area contributed by atoms with Crippen LogP contribution < -0.4 is 0 Å². The number of nitrogens with zero attached hydrogens (tertiary/aromatic N) is 1. The molecule has 3 heteroatoms. The maximum atomic E-state index is 12.3. The third-order valence-electron chi connectivity index (χ3n) is 2.97. The van der Waals surface area contributed by atoms with Crippen LogP contribution in [-0.4, -0.2) is 30.9 Å². The summed E-state index contributed by atoms with van der Waals surface area (Å²) in [5.41, 5.74) is 2.17. The zero-order valence-electron chi connectivity index (χ0n) is 9.39. The third kappa shape index (κ3) is 2.70. The Kier molecular flexibility index (Phi) is 3.39. The average molecular weight is 219 g/mol. The van der Waals surface area contributed by atoms with Crippen molar-refractivity contribution in [1.82, 2.24) is 0 Å². The van der Waals surface area contributed by atoms with Crippen molar-refractivity contribution >= 4 is 6.08 Å². The number of hydroxylamine groups is 3. The predicted molar refractivity (Wildman–Crippen MR) is 64.4 cm³/mol. The summed E-state index contributed by atoms with van der Waals surface area (Å²) >= 11 is 0. The van der Waals surface area contributed by atoms with E-state index in [4.69, 9.17) is 4.74 Å². The number of morpholine rings is 1. The highest BCUT2D eigenvalue weighted by Gasteiger charge is 2.21. The number of quaternary nitrogens is 1. The Morgan fingerprint density at radius 3 is 2.44 bits per heavy atom. The summed E-state index contributed by atoms with van der Waals surface area (Å²) in [6, 6.07) is 8.00. The molecular weight excluding hydrogens is 202 g/mol. The van der Waals surface area contributed by atoms with Gasteiger partial charge in [-0.2, -0.15) is 0 Å². The maximum Gasteiger partial charge on any atom is 0.104 e. The topological polar surface area (TPSA) is 32.3 Å².